The summed E-state index contributed by atoms with van der Waals surface area (Å²) in [4.78, 5) is 13.3. The van der Waals surface area contributed by atoms with E-state index in [1.165, 1.54) is 24.2 Å². The maximum absolute atomic E-state index is 11.9. The van der Waals surface area contributed by atoms with Crippen LogP contribution in [0.5, 0.6) is 0 Å². The Morgan fingerprint density at radius 3 is 2.83 bits per heavy atom. The van der Waals surface area contributed by atoms with E-state index in [2.05, 4.69) is 0 Å². The van der Waals surface area contributed by atoms with Crippen LogP contribution in [0.1, 0.15) is 19.3 Å². The molecule has 1 fully saturated rings. The fourth-order valence-corrected chi connectivity index (χ4v) is 2.78. The molecule has 0 atom stereocenters. The lowest BCUT2D eigenvalue weighted by Crippen LogP contribution is -3.12. The van der Waals surface area contributed by atoms with Crippen molar-refractivity contribution in [1.29, 1.82) is 0 Å². The predicted octanol–water partition coefficient (Wildman–Crippen LogP) is 1.27. The van der Waals surface area contributed by atoms with Crippen LogP contribution in [0.2, 0.25) is 5.02 Å². The van der Waals surface area contributed by atoms with Gasteiger partial charge in [0.1, 0.15) is 0 Å². The standard InChI is InChI=1S/C13H15ClN2O2/c14-10-4-5-12-11(8-10)16(13(17)18-12)9-15-6-2-1-3-7-15/h4-5,8H,1-3,6-7,9H2/p+1. The molecule has 96 valence electrons. The summed E-state index contributed by atoms with van der Waals surface area (Å²) in [7, 11) is 0. The third-order valence-electron chi connectivity index (χ3n) is 3.57. The molecule has 0 bridgehead atoms. The number of piperidine rings is 1. The Bertz CT molecular complexity index is 611. The van der Waals surface area contributed by atoms with Crippen molar-refractivity contribution in [2.45, 2.75) is 25.9 Å². The number of benzene rings is 1. The van der Waals surface area contributed by atoms with Gasteiger partial charge in [0, 0.05) is 5.02 Å². The number of nitrogens with one attached hydrogen (secondary N) is 1. The number of rotatable bonds is 2. The van der Waals surface area contributed by atoms with Gasteiger partial charge >= 0.3 is 5.76 Å². The number of nitrogens with zero attached hydrogens (tertiary/aromatic N) is 1. The van der Waals surface area contributed by atoms with E-state index >= 15 is 0 Å². The lowest BCUT2D eigenvalue weighted by atomic mass is 10.1. The van der Waals surface area contributed by atoms with E-state index in [9.17, 15) is 4.79 Å². The number of hydrogen-bond donors (Lipinski definition) is 1. The zero-order chi connectivity index (χ0) is 12.5. The average Bonchev–Trinajstić information content (AvgIpc) is 2.67. The molecule has 1 N–H and O–H groups in total. The molecule has 1 saturated heterocycles. The fourth-order valence-electron chi connectivity index (χ4n) is 2.62. The van der Waals surface area contributed by atoms with Gasteiger partial charge in [0.25, 0.3) is 0 Å². The maximum atomic E-state index is 11.9. The van der Waals surface area contributed by atoms with Crippen molar-refractivity contribution in [3.8, 4) is 0 Å². The van der Waals surface area contributed by atoms with Crippen molar-refractivity contribution in [3.63, 3.8) is 0 Å². The van der Waals surface area contributed by atoms with Crippen molar-refractivity contribution in [3.05, 3.63) is 33.8 Å². The Balaban J connectivity index is 1.97. The summed E-state index contributed by atoms with van der Waals surface area (Å²) in [5, 5.41) is 0.630. The van der Waals surface area contributed by atoms with Crippen molar-refractivity contribution in [1.82, 2.24) is 4.57 Å². The Labute approximate surface area is 110 Å². The Morgan fingerprint density at radius 2 is 2.06 bits per heavy atom. The summed E-state index contributed by atoms with van der Waals surface area (Å²) in [6.45, 7) is 2.92. The molecule has 18 heavy (non-hydrogen) atoms. The summed E-state index contributed by atoms with van der Waals surface area (Å²) in [5.41, 5.74) is 1.41. The maximum Gasteiger partial charge on any atom is 0.424 e. The molecule has 4 nitrogen and oxygen atoms in total. The highest BCUT2D eigenvalue weighted by atomic mass is 35.5. The smallest absolute Gasteiger partial charge is 0.408 e. The highest BCUT2D eigenvalue weighted by Crippen LogP contribution is 2.17. The molecule has 0 aliphatic carbocycles. The zero-order valence-corrected chi connectivity index (χ0v) is 10.9. The lowest BCUT2D eigenvalue weighted by Gasteiger charge is -2.23. The molecule has 2 aromatic rings. The Hall–Kier alpha value is -1.26. The van der Waals surface area contributed by atoms with E-state index < -0.39 is 0 Å². The molecule has 0 saturated carbocycles. The molecule has 0 radical (unpaired) electrons. The number of quaternary nitrogens is 1. The molecule has 0 unspecified atom stereocenters. The highest BCUT2D eigenvalue weighted by Gasteiger charge is 2.18. The SMILES string of the molecule is O=c1oc2ccc(Cl)cc2n1C[NH+]1CCCCC1. The Morgan fingerprint density at radius 1 is 1.28 bits per heavy atom. The highest BCUT2D eigenvalue weighted by molar-refractivity contribution is 6.31. The van der Waals surface area contributed by atoms with Crippen LogP contribution >= 0.6 is 11.6 Å². The van der Waals surface area contributed by atoms with E-state index in [0.717, 1.165) is 18.6 Å². The first-order chi connectivity index (χ1) is 8.74. The third kappa shape index (κ3) is 2.18. The molecular weight excluding hydrogens is 252 g/mol. The van der Waals surface area contributed by atoms with Crippen LogP contribution in [0.15, 0.2) is 27.4 Å². The minimum atomic E-state index is -0.287. The second kappa shape index (κ2) is 4.78. The molecule has 1 aliphatic rings. The summed E-state index contributed by atoms with van der Waals surface area (Å²) in [6, 6.07) is 5.29. The molecule has 1 aromatic carbocycles. The number of oxazole rings is 1. The van der Waals surface area contributed by atoms with Gasteiger partial charge in [-0.3, -0.25) is 0 Å². The first kappa shape index (κ1) is 11.8. The quantitative estimate of drug-likeness (QED) is 0.890. The molecule has 0 amide bonds. The monoisotopic (exact) mass is 267 g/mol. The summed E-state index contributed by atoms with van der Waals surface area (Å²) >= 11 is 5.98. The van der Waals surface area contributed by atoms with E-state index in [0.29, 0.717) is 17.3 Å². The van der Waals surface area contributed by atoms with Crippen LogP contribution in [0.3, 0.4) is 0 Å². The van der Waals surface area contributed by atoms with Gasteiger partial charge < -0.3 is 9.32 Å². The fraction of sp³-hybridized carbons (Fsp3) is 0.462. The van der Waals surface area contributed by atoms with Gasteiger partial charge in [-0.2, -0.15) is 0 Å². The second-order valence-electron chi connectivity index (χ2n) is 4.88. The number of hydrogen-bond acceptors (Lipinski definition) is 2. The van der Waals surface area contributed by atoms with Crippen molar-refractivity contribution >= 4 is 22.7 Å². The molecule has 1 aliphatic heterocycles. The largest absolute Gasteiger partial charge is 0.424 e. The van der Waals surface area contributed by atoms with E-state index in [1.54, 1.807) is 22.8 Å². The summed E-state index contributed by atoms with van der Waals surface area (Å²) in [6.07, 6.45) is 3.78. The first-order valence-corrected chi connectivity index (χ1v) is 6.74. The van der Waals surface area contributed by atoms with E-state index in [4.69, 9.17) is 16.0 Å². The molecular formula is C13H16ClN2O2+. The Kier molecular flexibility index (Phi) is 3.14. The first-order valence-electron chi connectivity index (χ1n) is 6.36. The molecule has 1 aromatic heterocycles. The van der Waals surface area contributed by atoms with Crippen LogP contribution in [-0.4, -0.2) is 17.7 Å². The van der Waals surface area contributed by atoms with Crippen molar-refractivity contribution in [2.24, 2.45) is 0 Å². The van der Waals surface area contributed by atoms with Gasteiger partial charge in [-0.15, -0.1) is 0 Å². The topological polar surface area (TPSA) is 39.6 Å². The van der Waals surface area contributed by atoms with Crippen LogP contribution in [-0.2, 0) is 6.67 Å². The zero-order valence-electron chi connectivity index (χ0n) is 10.1. The van der Waals surface area contributed by atoms with Crippen LogP contribution < -0.4 is 10.7 Å². The van der Waals surface area contributed by atoms with E-state index in [-0.39, 0.29) is 5.76 Å². The molecule has 2 heterocycles. The number of fused-ring (bicyclic) bond motifs is 1. The lowest BCUT2D eigenvalue weighted by molar-refractivity contribution is -0.927. The van der Waals surface area contributed by atoms with Crippen LogP contribution in [0.25, 0.3) is 11.1 Å². The van der Waals surface area contributed by atoms with Crippen molar-refractivity contribution in [2.75, 3.05) is 13.1 Å². The molecule has 3 rings (SSSR count). The summed E-state index contributed by atoms with van der Waals surface area (Å²) in [5.74, 6) is -0.287. The number of aromatic nitrogens is 1. The minimum absolute atomic E-state index is 0.287. The van der Waals surface area contributed by atoms with Gasteiger partial charge in [-0.25, -0.2) is 9.36 Å². The summed E-state index contributed by atoms with van der Waals surface area (Å²) < 4.78 is 6.93. The van der Waals surface area contributed by atoms with Crippen LogP contribution in [0.4, 0.5) is 0 Å². The van der Waals surface area contributed by atoms with Gasteiger partial charge in [0.15, 0.2) is 12.3 Å². The van der Waals surface area contributed by atoms with Gasteiger partial charge in [-0.1, -0.05) is 11.6 Å². The third-order valence-corrected chi connectivity index (χ3v) is 3.81. The van der Waals surface area contributed by atoms with Crippen molar-refractivity contribution < 1.29 is 9.32 Å². The molecule has 5 heteroatoms. The minimum Gasteiger partial charge on any atom is -0.408 e. The molecule has 0 spiro atoms. The predicted molar refractivity (Wildman–Crippen MR) is 70.0 cm³/mol. The number of halogens is 1. The van der Waals surface area contributed by atoms with Gasteiger partial charge in [0.2, 0.25) is 0 Å². The van der Waals surface area contributed by atoms with E-state index in [1.807, 2.05) is 0 Å². The normalized spacial score (nSPS) is 17.4. The number of likely N-dealkylation sites (tertiary alicyclic amines) is 1. The average molecular weight is 268 g/mol. The van der Waals surface area contributed by atoms with Crippen LogP contribution in [0, 0.1) is 0 Å². The second-order valence-corrected chi connectivity index (χ2v) is 5.31. The van der Waals surface area contributed by atoms with Gasteiger partial charge in [-0.05, 0) is 37.5 Å². The van der Waals surface area contributed by atoms with Gasteiger partial charge in [0.05, 0.1) is 18.6 Å².